The third-order valence-electron chi connectivity index (χ3n) is 3.30. The fraction of sp³-hybridized carbons (Fsp3) is 0.462. The van der Waals surface area contributed by atoms with Gasteiger partial charge in [0.05, 0.1) is 6.42 Å². The molecular weight excluding hydrogens is 301 g/mol. The molecule has 0 saturated carbocycles. The molecule has 0 aliphatic carbocycles. The van der Waals surface area contributed by atoms with Gasteiger partial charge in [-0.3, -0.25) is 9.69 Å². The zero-order valence-corrected chi connectivity index (χ0v) is 11.5. The lowest BCUT2D eigenvalue weighted by Gasteiger charge is -2.23. The summed E-state index contributed by atoms with van der Waals surface area (Å²) in [5, 5.41) is 8.84. The maximum atomic E-state index is 13.7. The van der Waals surface area contributed by atoms with Gasteiger partial charge in [-0.15, -0.1) is 0 Å². The zero-order valence-electron chi connectivity index (χ0n) is 9.90. The molecule has 2 rings (SSSR count). The van der Waals surface area contributed by atoms with E-state index in [0.717, 1.165) is 19.4 Å². The molecule has 1 unspecified atom stereocenters. The van der Waals surface area contributed by atoms with Crippen molar-refractivity contribution in [2.24, 2.45) is 0 Å². The largest absolute Gasteiger partial charge is 0.481 e. The first-order valence-corrected chi connectivity index (χ1v) is 6.75. The first-order valence-electron chi connectivity index (χ1n) is 5.96. The number of carbonyl (C=O) groups is 1. The Hall–Kier alpha value is -0.940. The topological polar surface area (TPSA) is 40.5 Å². The third-order valence-corrected chi connectivity index (χ3v) is 3.79. The molecule has 1 aliphatic heterocycles. The quantitative estimate of drug-likeness (QED) is 0.928. The number of benzene rings is 1. The van der Waals surface area contributed by atoms with Crippen LogP contribution in [-0.4, -0.2) is 28.6 Å². The van der Waals surface area contributed by atoms with E-state index in [0.29, 0.717) is 16.6 Å². The smallest absolute Gasteiger partial charge is 0.304 e. The Bertz CT molecular complexity index is 453. The Morgan fingerprint density at radius 3 is 3.00 bits per heavy atom. The summed E-state index contributed by atoms with van der Waals surface area (Å²) in [6.07, 6.45) is 2.00. The molecule has 0 radical (unpaired) electrons. The van der Waals surface area contributed by atoms with E-state index in [1.807, 2.05) is 0 Å². The molecule has 1 aliphatic rings. The van der Waals surface area contributed by atoms with Gasteiger partial charge in [-0.2, -0.15) is 0 Å². The molecule has 1 aromatic carbocycles. The van der Waals surface area contributed by atoms with Crippen molar-refractivity contribution in [3.8, 4) is 0 Å². The van der Waals surface area contributed by atoms with E-state index in [2.05, 4.69) is 20.8 Å². The van der Waals surface area contributed by atoms with E-state index in [1.165, 1.54) is 6.07 Å². The van der Waals surface area contributed by atoms with Crippen LogP contribution < -0.4 is 0 Å². The summed E-state index contributed by atoms with van der Waals surface area (Å²) in [4.78, 5) is 12.8. The van der Waals surface area contributed by atoms with E-state index < -0.39 is 5.97 Å². The van der Waals surface area contributed by atoms with Gasteiger partial charge >= 0.3 is 5.97 Å². The number of carboxylic acids is 1. The molecule has 1 fully saturated rings. The highest BCUT2D eigenvalue weighted by Crippen LogP contribution is 2.24. The Morgan fingerprint density at radius 2 is 2.33 bits per heavy atom. The minimum absolute atomic E-state index is 0.0329. The van der Waals surface area contributed by atoms with Gasteiger partial charge < -0.3 is 5.11 Å². The summed E-state index contributed by atoms with van der Waals surface area (Å²) < 4.78 is 14.4. The van der Waals surface area contributed by atoms with Crippen molar-refractivity contribution in [1.82, 2.24) is 4.90 Å². The van der Waals surface area contributed by atoms with Crippen molar-refractivity contribution in [3.05, 3.63) is 34.1 Å². The van der Waals surface area contributed by atoms with Crippen LogP contribution in [-0.2, 0) is 11.3 Å². The van der Waals surface area contributed by atoms with Crippen molar-refractivity contribution in [2.75, 3.05) is 6.54 Å². The lowest BCUT2D eigenvalue weighted by atomic mass is 10.1. The first kappa shape index (κ1) is 13.5. The van der Waals surface area contributed by atoms with Crippen LogP contribution >= 0.6 is 15.9 Å². The van der Waals surface area contributed by atoms with Crippen LogP contribution in [0.2, 0.25) is 0 Å². The highest BCUT2D eigenvalue weighted by Gasteiger charge is 2.27. The van der Waals surface area contributed by atoms with Crippen LogP contribution in [0.5, 0.6) is 0 Å². The molecule has 18 heavy (non-hydrogen) atoms. The fourth-order valence-electron chi connectivity index (χ4n) is 2.40. The molecule has 5 heteroatoms. The number of likely N-dealkylation sites (tertiary alicyclic amines) is 1. The molecule has 1 aromatic rings. The zero-order chi connectivity index (χ0) is 13.1. The highest BCUT2D eigenvalue weighted by atomic mass is 79.9. The van der Waals surface area contributed by atoms with Gasteiger partial charge in [-0.05, 0) is 31.5 Å². The molecule has 1 atom stereocenters. The average molecular weight is 316 g/mol. The standard InChI is InChI=1S/C13H15BrFNO2/c14-10-4-3-9(12(15)6-10)8-16-5-1-2-11(16)7-13(17)18/h3-4,6,11H,1-2,5,7-8H2,(H,17,18). The molecule has 3 nitrogen and oxygen atoms in total. The van der Waals surface area contributed by atoms with Crippen LogP contribution in [0.3, 0.4) is 0 Å². The van der Waals surface area contributed by atoms with Gasteiger partial charge in [0.1, 0.15) is 5.82 Å². The SMILES string of the molecule is O=C(O)CC1CCCN1Cc1ccc(Br)cc1F. The van der Waals surface area contributed by atoms with Gasteiger partial charge in [0.2, 0.25) is 0 Å². The molecular formula is C13H15BrFNO2. The molecule has 1 N–H and O–H groups in total. The van der Waals surface area contributed by atoms with Crippen LogP contribution in [0.4, 0.5) is 4.39 Å². The fourth-order valence-corrected chi connectivity index (χ4v) is 2.74. The number of aliphatic carboxylic acids is 1. The Balaban J connectivity index is 2.05. The van der Waals surface area contributed by atoms with Gasteiger partial charge in [0.15, 0.2) is 0 Å². The van der Waals surface area contributed by atoms with Crippen LogP contribution in [0, 0.1) is 5.82 Å². The molecule has 1 heterocycles. The summed E-state index contributed by atoms with van der Waals surface area (Å²) in [7, 11) is 0. The maximum absolute atomic E-state index is 13.7. The van der Waals surface area contributed by atoms with Crippen molar-refractivity contribution < 1.29 is 14.3 Å². The Kier molecular flexibility index (Phi) is 4.35. The van der Waals surface area contributed by atoms with E-state index in [1.54, 1.807) is 12.1 Å². The van der Waals surface area contributed by atoms with E-state index >= 15 is 0 Å². The number of carboxylic acid groups (broad SMARTS) is 1. The molecule has 0 amide bonds. The summed E-state index contributed by atoms with van der Waals surface area (Å²) in [6.45, 7) is 1.32. The van der Waals surface area contributed by atoms with Gasteiger partial charge in [-0.25, -0.2) is 4.39 Å². The van der Waals surface area contributed by atoms with E-state index in [4.69, 9.17) is 5.11 Å². The van der Waals surface area contributed by atoms with Crippen LogP contribution in [0.25, 0.3) is 0 Å². The third kappa shape index (κ3) is 3.29. The van der Waals surface area contributed by atoms with Gasteiger partial charge in [0.25, 0.3) is 0 Å². The Morgan fingerprint density at radius 1 is 1.56 bits per heavy atom. The van der Waals surface area contributed by atoms with Crippen LogP contribution in [0.1, 0.15) is 24.8 Å². The monoisotopic (exact) mass is 315 g/mol. The lowest BCUT2D eigenvalue weighted by molar-refractivity contribution is -0.138. The Labute approximate surface area is 114 Å². The number of halogens is 2. The lowest BCUT2D eigenvalue weighted by Crippen LogP contribution is -2.31. The predicted octanol–water partition coefficient (Wildman–Crippen LogP) is 3.03. The molecule has 1 saturated heterocycles. The summed E-state index contributed by atoms with van der Waals surface area (Å²) >= 11 is 3.22. The minimum Gasteiger partial charge on any atom is -0.481 e. The minimum atomic E-state index is -0.789. The van der Waals surface area contributed by atoms with Crippen molar-refractivity contribution >= 4 is 21.9 Å². The summed E-state index contributed by atoms with van der Waals surface area (Å²) in [6, 6.07) is 5.03. The second-order valence-corrected chi connectivity index (χ2v) is 5.52. The van der Waals surface area contributed by atoms with E-state index in [9.17, 15) is 9.18 Å². The molecule has 98 valence electrons. The predicted molar refractivity (Wildman–Crippen MR) is 69.8 cm³/mol. The number of hydrogen-bond donors (Lipinski definition) is 1. The molecule has 0 spiro atoms. The number of nitrogens with zero attached hydrogens (tertiary/aromatic N) is 1. The second kappa shape index (κ2) is 5.80. The highest BCUT2D eigenvalue weighted by molar-refractivity contribution is 9.10. The van der Waals surface area contributed by atoms with Crippen LogP contribution in [0.15, 0.2) is 22.7 Å². The van der Waals surface area contributed by atoms with Gasteiger partial charge in [-0.1, -0.05) is 22.0 Å². The maximum Gasteiger partial charge on any atom is 0.304 e. The van der Waals surface area contributed by atoms with Crippen molar-refractivity contribution in [1.29, 1.82) is 0 Å². The van der Waals surface area contributed by atoms with Crippen molar-refractivity contribution in [2.45, 2.75) is 31.8 Å². The number of hydrogen-bond acceptors (Lipinski definition) is 2. The average Bonchev–Trinajstić information content (AvgIpc) is 2.69. The van der Waals surface area contributed by atoms with Crippen molar-refractivity contribution in [3.63, 3.8) is 0 Å². The summed E-state index contributed by atoms with van der Waals surface area (Å²) in [5.74, 6) is -1.03. The van der Waals surface area contributed by atoms with Gasteiger partial charge in [0, 0.05) is 22.6 Å². The summed E-state index contributed by atoms with van der Waals surface area (Å²) in [5.41, 5.74) is 0.621. The normalized spacial score (nSPS) is 20.2. The second-order valence-electron chi connectivity index (χ2n) is 4.60. The molecule has 0 bridgehead atoms. The molecule has 0 aromatic heterocycles. The number of rotatable bonds is 4. The van der Waals surface area contributed by atoms with E-state index in [-0.39, 0.29) is 18.3 Å². The first-order chi connectivity index (χ1) is 8.56.